The first-order chi connectivity index (χ1) is 15.0. The third kappa shape index (κ3) is 3.86. The highest BCUT2D eigenvalue weighted by atomic mass is 32.2. The number of sulfonamides is 1. The lowest BCUT2D eigenvalue weighted by molar-refractivity contribution is -0.137. The van der Waals surface area contributed by atoms with Crippen LogP contribution in [0.15, 0.2) is 71.6 Å². The first kappa shape index (κ1) is 20.2. The van der Waals surface area contributed by atoms with Crippen molar-refractivity contribution in [3.05, 3.63) is 77.9 Å². The number of carbonyl (C=O) groups excluding carboxylic acids is 1. The molecule has 0 spiro atoms. The van der Waals surface area contributed by atoms with E-state index >= 15 is 0 Å². The van der Waals surface area contributed by atoms with E-state index in [9.17, 15) is 13.2 Å². The van der Waals surface area contributed by atoms with Crippen LogP contribution in [-0.2, 0) is 27.8 Å². The highest BCUT2D eigenvalue weighted by Gasteiger charge is 2.35. The summed E-state index contributed by atoms with van der Waals surface area (Å²) in [7, 11) is -3.64. The summed E-state index contributed by atoms with van der Waals surface area (Å²) in [6, 6.07) is 21.2. The van der Waals surface area contributed by atoms with Crippen molar-refractivity contribution in [1.29, 1.82) is 0 Å². The lowest BCUT2D eigenvalue weighted by Crippen LogP contribution is -2.47. The number of benzene rings is 3. The molecule has 0 saturated carbocycles. The number of amides is 1. The molecule has 1 amide bonds. The van der Waals surface area contributed by atoms with Gasteiger partial charge in [-0.2, -0.15) is 4.31 Å². The SMILES string of the molecule is O=C([C@H]1CCCN(S(=O)(=O)c2ccc3ccccc3c2)C1)N1CCc2ccccc2C1. The van der Waals surface area contributed by atoms with Gasteiger partial charge in [-0.15, -0.1) is 0 Å². The Bertz CT molecular complexity index is 1240. The van der Waals surface area contributed by atoms with Gasteiger partial charge in [-0.3, -0.25) is 4.79 Å². The number of hydrogen-bond donors (Lipinski definition) is 0. The van der Waals surface area contributed by atoms with Crippen LogP contribution in [0.4, 0.5) is 0 Å². The zero-order valence-corrected chi connectivity index (χ0v) is 18.2. The molecule has 160 valence electrons. The molecule has 2 heterocycles. The zero-order valence-electron chi connectivity index (χ0n) is 17.4. The smallest absolute Gasteiger partial charge is 0.243 e. The van der Waals surface area contributed by atoms with E-state index in [0.29, 0.717) is 31.0 Å². The van der Waals surface area contributed by atoms with Crippen LogP contribution in [0.1, 0.15) is 24.0 Å². The van der Waals surface area contributed by atoms with Crippen LogP contribution in [0.2, 0.25) is 0 Å². The molecule has 0 aromatic heterocycles. The molecule has 1 atom stereocenters. The molecule has 1 saturated heterocycles. The van der Waals surface area contributed by atoms with Gasteiger partial charge in [0.05, 0.1) is 10.8 Å². The largest absolute Gasteiger partial charge is 0.338 e. The Kier molecular flexibility index (Phi) is 5.28. The Balaban J connectivity index is 1.34. The fourth-order valence-corrected chi connectivity index (χ4v) is 6.34. The summed E-state index contributed by atoms with van der Waals surface area (Å²) in [6.45, 7) is 2.03. The van der Waals surface area contributed by atoms with Gasteiger partial charge in [0.25, 0.3) is 0 Å². The second-order valence-electron chi connectivity index (χ2n) is 8.49. The van der Waals surface area contributed by atoms with Crippen LogP contribution in [-0.4, -0.2) is 43.2 Å². The predicted molar refractivity (Wildman–Crippen MR) is 121 cm³/mol. The fourth-order valence-electron chi connectivity index (χ4n) is 4.78. The maximum atomic E-state index is 13.3. The van der Waals surface area contributed by atoms with E-state index in [-0.39, 0.29) is 18.4 Å². The number of carbonyl (C=O) groups is 1. The average molecular weight is 435 g/mol. The van der Waals surface area contributed by atoms with Crippen molar-refractivity contribution in [3.8, 4) is 0 Å². The third-order valence-corrected chi connectivity index (χ3v) is 8.40. The van der Waals surface area contributed by atoms with Gasteiger partial charge in [-0.25, -0.2) is 8.42 Å². The van der Waals surface area contributed by atoms with Crippen molar-refractivity contribution < 1.29 is 13.2 Å². The topological polar surface area (TPSA) is 57.7 Å². The number of rotatable bonds is 3. The lowest BCUT2D eigenvalue weighted by Gasteiger charge is -2.36. The minimum Gasteiger partial charge on any atom is -0.338 e. The van der Waals surface area contributed by atoms with Gasteiger partial charge in [-0.05, 0) is 53.3 Å². The van der Waals surface area contributed by atoms with Gasteiger partial charge in [0, 0.05) is 26.2 Å². The Hall–Kier alpha value is -2.70. The van der Waals surface area contributed by atoms with E-state index in [0.717, 1.165) is 23.6 Å². The average Bonchev–Trinajstić information content (AvgIpc) is 2.83. The van der Waals surface area contributed by atoms with Gasteiger partial charge in [0.15, 0.2) is 0 Å². The summed E-state index contributed by atoms with van der Waals surface area (Å²) in [5, 5.41) is 1.92. The lowest BCUT2D eigenvalue weighted by atomic mass is 9.95. The van der Waals surface area contributed by atoms with Crippen LogP contribution in [0, 0.1) is 5.92 Å². The molecule has 3 aromatic rings. The van der Waals surface area contributed by atoms with Gasteiger partial charge in [0.1, 0.15) is 0 Å². The van der Waals surface area contributed by atoms with Crippen molar-refractivity contribution in [2.24, 2.45) is 5.92 Å². The Morgan fingerprint density at radius 2 is 1.61 bits per heavy atom. The molecule has 2 aliphatic rings. The second-order valence-corrected chi connectivity index (χ2v) is 10.4. The molecule has 6 heteroatoms. The van der Waals surface area contributed by atoms with Crippen molar-refractivity contribution in [1.82, 2.24) is 9.21 Å². The molecule has 0 unspecified atom stereocenters. The monoisotopic (exact) mass is 434 g/mol. The quantitative estimate of drug-likeness (QED) is 0.630. The molecular formula is C25H26N2O3S. The van der Waals surface area contributed by atoms with Gasteiger partial charge in [0.2, 0.25) is 15.9 Å². The summed E-state index contributed by atoms with van der Waals surface area (Å²) in [5.41, 5.74) is 2.49. The maximum Gasteiger partial charge on any atom is 0.243 e. The standard InChI is InChI=1S/C25H26N2O3S/c28-25(26-15-13-20-7-2-4-9-22(20)17-26)23-10-5-14-27(18-23)31(29,30)24-12-11-19-6-1-3-8-21(19)16-24/h1-4,6-9,11-12,16,23H,5,10,13-15,17-18H2/t23-/m0/s1. The molecule has 31 heavy (non-hydrogen) atoms. The van der Waals surface area contributed by atoms with E-state index < -0.39 is 10.0 Å². The predicted octanol–water partition coefficient (Wildman–Crippen LogP) is 3.83. The highest BCUT2D eigenvalue weighted by Crippen LogP contribution is 2.28. The fraction of sp³-hybridized carbons (Fsp3) is 0.320. The van der Waals surface area contributed by atoms with Crippen LogP contribution in [0.25, 0.3) is 10.8 Å². The van der Waals surface area contributed by atoms with Gasteiger partial charge < -0.3 is 4.90 Å². The number of fused-ring (bicyclic) bond motifs is 2. The summed E-state index contributed by atoms with van der Waals surface area (Å²) in [4.78, 5) is 15.5. The van der Waals surface area contributed by atoms with E-state index in [1.165, 1.54) is 15.4 Å². The van der Waals surface area contributed by atoms with Gasteiger partial charge >= 0.3 is 0 Å². The number of piperidine rings is 1. The number of hydrogen-bond acceptors (Lipinski definition) is 3. The Labute approximate surface area is 183 Å². The summed E-state index contributed by atoms with van der Waals surface area (Å²) in [5.74, 6) is -0.206. The third-order valence-electron chi connectivity index (χ3n) is 6.53. The minimum absolute atomic E-state index is 0.0768. The summed E-state index contributed by atoms with van der Waals surface area (Å²) < 4.78 is 28.2. The van der Waals surface area contributed by atoms with Crippen LogP contribution in [0.3, 0.4) is 0 Å². The molecule has 0 aliphatic carbocycles. The maximum absolute atomic E-state index is 13.3. The first-order valence-corrected chi connectivity index (χ1v) is 12.3. The zero-order chi connectivity index (χ0) is 21.4. The molecule has 0 radical (unpaired) electrons. The Morgan fingerprint density at radius 1 is 0.871 bits per heavy atom. The van der Waals surface area contributed by atoms with Crippen molar-refractivity contribution >= 4 is 26.7 Å². The molecule has 1 fully saturated rings. The number of nitrogens with zero attached hydrogens (tertiary/aromatic N) is 2. The normalized spacial score (nSPS) is 19.9. The van der Waals surface area contributed by atoms with Crippen molar-refractivity contribution in [2.75, 3.05) is 19.6 Å². The summed E-state index contributed by atoms with van der Waals surface area (Å²) >= 11 is 0. The molecule has 5 nitrogen and oxygen atoms in total. The summed E-state index contributed by atoms with van der Waals surface area (Å²) in [6.07, 6.45) is 2.29. The van der Waals surface area contributed by atoms with Crippen LogP contribution in [0.5, 0.6) is 0 Å². The van der Waals surface area contributed by atoms with Crippen molar-refractivity contribution in [3.63, 3.8) is 0 Å². The van der Waals surface area contributed by atoms with E-state index in [1.807, 2.05) is 47.4 Å². The molecule has 5 rings (SSSR count). The van der Waals surface area contributed by atoms with E-state index in [4.69, 9.17) is 0 Å². The Morgan fingerprint density at radius 3 is 2.45 bits per heavy atom. The molecular weight excluding hydrogens is 408 g/mol. The molecule has 3 aromatic carbocycles. The first-order valence-electron chi connectivity index (χ1n) is 10.9. The highest BCUT2D eigenvalue weighted by molar-refractivity contribution is 7.89. The van der Waals surface area contributed by atoms with E-state index in [1.54, 1.807) is 12.1 Å². The molecule has 0 N–H and O–H groups in total. The van der Waals surface area contributed by atoms with Crippen LogP contribution < -0.4 is 0 Å². The minimum atomic E-state index is -3.64. The molecule has 2 aliphatic heterocycles. The van der Waals surface area contributed by atoms with Crippen LogP contribution >= 0.6 is 0 Å². The van der Waals surface area contributed by atoms with E-state index in [2.05, 4.69) is 12.1 Å². The molecule has 0 bridgehead atoms. The second kappa shape index (κ2) is 8.09. The van der Waals surface area contributed by atoms with Crippen molar-refractivity contribution in [2.45, 2.75) is 30.7 Å². The van der Waals surface area contributed by atoms with Gasteiger partial charge in [-0.1, -0.05) is 54.6 Å².